The minimum absolute atomic E-state index is 0.0141. The summed E-state index contributed by atoms with van der Waals surface area (Å²) in [5, 5.41) is 2.68. The first-order chi connectivity index (χ1) is 13.3. The number of aromatic nitrogens is 2. The van der Waals surface area contributed by atoms with Crippen LogP contribution in [0.15, 0.2) is 36.7 Å². The van der Waals surface area contributed by atoms with Gasteiger partial charge in [-0.3, -0.25) is 9.59 Å². The van der Waals surface area contributed by atoms with E-state index in [-0.39, 0.29) is 29.8 Å². The number of nitrogens with one attached hydrogen (secondary N) is 1. The molecule has 1 atom stereocenters. The largest absolute Gasteiger partial charge is 0.347 e. The molecular formula is C20H26FN5O2. The van der Waals surface area contributed by atoms with Crippen molar-refractivity contribution in [2.75, 3.05) is 13.6 Å². The molecule has 0 aliphatic heterocycles. The number of hydrogen-bond donors (Lipinski definition) is 2. The maximum absolute atomic E-state index is 13.0. The predicted molar refractivity (Wildman–Crippen MR) is 104 cm³/mol. The maximum atomic E-state index is 13.0. The molecule has 2 rings (SSSR count). The van der Waals surface area contributed by atoms with Crippen LogP contribution < -0.4 is 11.1 Å². The van der Waals surface area contributed by atoms with Crippen molar-refractivity contribution in [1.82, 2.24) is 20.2 Å². The molecule has 150 valence electrons. The number of carbonyl (C=O) groups is 2. The van der Waals surface area contributed by atoms with E-state index < -0.39 is 11.8 Å². The lowest BCUT2D eigenvalue weighted by Crippen LogP contribution is -2.36. The minimum Gasteiger partial charge on any atom is -0.347 e. The summed E-state index contributed by atoms with van der Waals surface area (Å²) in [4.78, 5) is 34.8. The van der Waals surface area contributed by atoms with Gasteiger partial charge in [0, 0.05) is 38.6 Å². The second-order valence-electron chi connectivity index (χ2n) is 6.99. The fourth-order valence-electron chi connectivity index (χ4n) is 2.49. The van der Waals surface area contributed by atoms with E-state index in [2.05, 4.69) is 15.3 Å². The van der Waals surface area contributed by atoms with Crippen LogP contribution in [0.1, 0.15) is 46.8 Å². The number of hydrogen-bond acceptors (Lipinski definition) is 5. The lowest BCUT2D eigenvalue weighted by molar-refractivity contribution is 0.0774. The number of carbonyl (C=O) groups excluding carboxylic acids is 2. The molecule has 0 saturated heterocycles. The quantitative estimate of drug-likeness (QED) is 0.721. The van der Waals surface area contributed by atoms with Gasteiger partial charge in [0.25, 0.3) is 11.8 Å². The van der Waals surface area contributed by atoms with Crippen LogP contribution in [0.2, 0.25) is 0 Å². The van der Waals surface area contributed by atoms with Gasteiger partial charge in [-0.25, -0.2) is 14.4 Å². The molecule has 3 N–H and O–H groups in total. The summed E-state index contributed by atoms with van der Waals surface area (Å²) < 4.78 is 13.0. The van der Waals surface area contributed by atoms with Crippen LogP contribution in [0, 0.1) is 11.7 Å². The van der Waals surface area contributed by atoms with Crippen LogP contribution in [0.4, 0.5) is 4.39 Å². The molecule has 2 aromatic rings. The first kappa shape index (κ1) is 21.4. The van der Waals surface area contributed by atoms with Crippen molar-refractivity contribution in [1.29, 1.82) is 0 Å². The van der Waals surface area contributed by atoms with Gasteiger partial charge in [-0.1, -0.05) is 26.0 Å². The predicted octanol–water partition coefficient (Wildman–Crippen LogP) is 1.99. The monoisotopic (exact) mass is 387 g/mol. The number of nitrogens with two attached hydrogens (primary N) is 1. The minimum atomic E-state index is -0.520. The van der Waals surface area contributed by atoms with E-state index in [1.807, 2.05) is 13.8 Å². The molecule has 0 radical (unpaired) electrons. The zero-order valence-corrected chi connectivity index (χ0v) is 16.4. The van der Waals surface area contributed by atoms with Crippen molar-refractivity contribution >= 4 is 11.8 Å². The van der Waals surface area contributed by atoms with Gasteiger partial charge >= 0.3 is 0 Å². The normalized spacial score (nSPS) is 11.9. The summed E-state index contributed by atoms with van der Waals surface area (Å²) in [5.74, 6) is -0.950. The highest BCUT2D eigenvalue weighted by Gasteiger charge is 2.23. The number of nitrogens with zero attached hydrogens (tertiary/aromatic N) is 3. The highest BCUT2D eigenvalue weighted by molar-refractivity contribution is 6.04. The lowest BCUT2D eigenvalue weighted by atomic mass is 10.0. The van der Waals surface area contributed by atoms with Crippen LogP contribution in [-0.2, 0) is 6.54 Å². The van der Waals surface area contributed by atoms with Gasteiger partial charge < -0.3 is 16.0 Å². The standard InChI is InChI=1S/C20H26FN5O2/c1-13(2)16(22)8-11-26(3)20(28)18-17(23-9-10-24-18)19(27)25-12-14-4-6-15(21)7-5-14/h4-7,9-10,13,16H,8,11-12,22H2,1-3H3,(H,25,27). The Morgan fingerprint density at radius 1 is 1.14 bits per heavy atom. The van der Waals surface area contributed by atoms with Crippen LogP contribution in [0.25, 0.3) is 0 Å². The average molecular weight is 387 g/mol. The Morgan fingerprint density at radius 3 is 2.36 bits per heavy atom. The number of rotatable bonds is 8. The first-order valence-electron chi connectivity index (χ1n) is 9.14. The summed E-state index contributed by atoms with van der Waals surface area (Å²) in [6, 6.07) is 5.76. The average Bonchev–Trinajstić information content (AvgIpc) is 2.70. The first-order valence-corrected chi connectivity index (χ1v) is 9.14. The van der Waals surface area contributed by atoms with E-state index in [0.717, 1.165) is 5.56 Å². The smallest absolute Gasteiger partial charge is 0.274 e. The molecule has 1 unspecified atom stereocenters. The Labute approximate surface area is 164 Å². The van der Waals surface area contributed by atoms with Crippen molar-refractivity contribution < 1.29 is 14.0 Å². The zero-order valence-electron chi connectivity index (χ0n) is 16.4. The molecule has 0 aliphatic carbocycles. The topological polar surface area (TPSA) is 101 Å². The Hall–Kier alpha value is -2.87. The Morgan fingerprint density at radius 2 is 1.75 bits per heavy atom. The molecule has 7 nitrogen and oxygen atoms in total. The second-order valence-corrected chi connectivity index (χ2v) is 6.99. The van der Waals surface area contributed by atoms with Gasteiger partial charge in [0.1, 0.15) is 5.82 Å². The van der Waals surface area contributed by atoms with Gasteiger partial charge in [-0.15, -0.1) is 0 Å². The molecule has 8 heteroatoms. The molecule has 28 heavy (non-hydrogen) atoms. The Balaban J connectivity index is 2.05. The van der Waals surface area contributed by atoms with Crippen LogP contribution >= 0.6 is 0 Å². The second kappa shape index (κ2) is 9.89. The SMILES string of the molecule is CC(C)C(N)CCN(C)C(=O)c1nccnc1C(=O)NCc1ccc(F)cc1. The summed E-state index contributed by atoms with van der Waals surface area (Å²) in [7, 11) is 1.64. The van der Waals surface area contributed by atoms with E-state index in [1.54, 1.807) is 19.2 Å². The number of halogens is 1. The van der Waals surface area contributed by atoms with Gasteiger partial charge in [-0.2, -0.15) is 0 Å². The van der Waals surface area contributed by atoms with Gasteiger partial charge in [0.2, 0.25) is 0 Å². The van der Waals surface area contributed by atoms with Crippen LogP contribution in [-0.4, -0.2) is 46.3 Å². The fraction of sp³-hybridized carbons (Fsp3) is 0.400. The molecule has 1 aromatic heterocycles. The van der Waals surface area contributed by atoms with Crippen molar-refractivity contribution in [3.05, 3.63) is 59.4 Å². The molecule has 0 bridgehead atoms. The molecule has 0 fully saturated rings. The summed E-state index contributed by atoms with van der Waals surface area (Å²) in [6.07, 6.45) is 3.38. The lowest BCUT2D eigenvalue weighted by Gasteiger charge is -2.21. The van der Waals surface area contributed by atoms with E-state index in [4.69, 9.17) is 5.73 Å². The van der Waals surface area contributed by atoms with Crippen LogP contribution in [0.5, 0.6) is 0 Å². The van der Waals surface area contributed by atoms with Crippen molar-refractivity contribution in [2.24, 2.45) is 11.7 Å². The van der Waals surface area contributed by atoms with E-state index in [0.29, 0.717) is 18.9 Å². The third-order valence-electron chi connectivity index (χ3n) is 4.48. The number of amides is 2. The van der Waals surface area contributed by atoms with Gasteiger partial charge in [0.05, 0.1) is 0 Å². The summed E-state index contributed by atoms with van der Waals surface area (Å²) >= 11 is 0. The molecule has 1 heterocycles. The molecular weight excluding hydrogens is 361 g/mol. The molecule has 0 aliphatic rings. The van der Waals surface area contributed by atoms with Gasteiger partial charge in [-0.05, 0) is 30.0 Å². The van der Waals surface area contributed by atoms with Gasteiger partial charge in [0.15, 0.2) is 11.4 Å². The number of benzene rings is 1. The highest BCUT2D eigenvalue weighted by atomic mass is 19.1. The third kappa shape index (κ3) is 5.82. The van der Waals surface area contributed by atoms with E-state index in [1.165, 1.54) is 29.4 Å². The van der Waals surface area contributed by atoms with Crippen molar-refractivity contribution in [3.63, 3.8) is 0 Å². The van der Waals surface area contributed by atoms with E-state index in [9.17, 15) is 14.0 Å². The zero-order chi connectivity index (χ0) is 20.7. The van der Waals surface area contributed by atoms with Crippen LogP contribution in [0.3, 0.4) is 0 Å². The Kier molecular flexibility index (Phi) is 7.57. The molecule has 2 amide bonds. The third-order valence-corrected chi connectivity index (χ3v) is 4.48. The van der Waals surface area contributed by atoms with E-state index >= 15 is 0 Å². The molecule has 0 spiro atoms. The maximum Gasteiger partial charge on any atom is 0.274 e. The summed E-state index contributed by atoms with van der Waals surface area (Å²) in [6.45, 7) is 4.69. The fourth-order valence-corrected chi connectivity index (χ4v) is 2.49. The highest BCUT2D eigenvalue weighted by Crippen LogP contribution is 2.09. The van der Waals surface area contributed by atoms with Crippen molar-refractivity contribution in [2.45, 2.75) is 32.9 Å². The Bertz CT molecular complexity index is 810. The summed E-state index contributed by atoms with van der Waals surface area (Å²) in [5.41, 5.74) is 6.70. The van der Waals surface area contributed by atoms with Crippen molar-refractivity contribution in [3.8, 4) is 0 Å². The molecule has 0 saturated carbocycles. The molecule has 1 aromatic carbocycles.